The van der Waals surface area contributed by atoms with E-state index in [1.165, 1.54) is 12.8 Å². The number of unbranched alkanes of at least 4 members (excludes halogenated alkanes) is 3. The van der Waals surface area contributed by atoms with Crippen LogP contribution in [0.25, 0.3) is 22.5 Å². The Hall–Kier alpha value is -3.42. The molecule has 0 unspecified atom stereocenters. The number of aryl methyl sites for hydroxylation is 2. The van der Waals surface area contributed by atoms with E-state index in [9.17, 15) is 0 Å². The van der Waals surface area contributed by atoms with Gasteiger partial charge in [-0.15, -0.1) is 10.2 Å². The van der Waals surface area contributed by atoms with E-state index in [4.69, 9.17) is 15.1 Å². The lowest BCUT2D eigenvalue weighted by Crippen LogP contribution is -2.08. The van der Waals surface area contributed by atoms with Crippen LogP contribution in [-0.4, -0.2) is 40.4 Å². The molecule has 4 aromatic rings. The number of rotatable bonds is 11. The summed E-state index contributed by atoms with van der Waals surface area (Å²) in [4.78, 5) is 9.55. The zero-order valence-electron chi connectivity index (χ0n) is 18.8. The van der Waals surface area contributed by atoms with Gasteiger partial charge in [-0.25, -0.2) is 9.67 Å². The summed E-state index contributed by atoms with van der Waals surface area (Å²) in [6, 6.07) is 12.2. The molecule has 0 spiro atoms. The predicted molar refractivity (Wildman–Crippen MR) is 124 cm³/mol. The number of nitrogens with zero attached hydrogens (tertiary/aromatic N) is 7. The summed E-state index contributed by atoms with van der Waals surface area (Å²) in [7, 11) is 0. The minimum absolute atomic E-state index is 0.573. The molecule has 8 nitrogen and oxygen atoms in total. The molecule has 166 valence electrons. The van der Waals surface area contributed by atoms with Crippen LogP contribution in [0.4, 0.5) is 0 Å². The normalized spacial score (nSPS) is 11.2. The molecule has 4 rings (SSSR count). The zero-order valence-corrected chi connectivity index (χ0v) is 18.8. The van der Waals surface area contributed by atoms with Gasteiger partial charge in [0.1, 0.15) is 5.82 Å². The largest absolute Gasteiger partial charge is 0.259 e. The minimum Gasteiger partial charge on any atom is -0.259 e. The molecule has 0 amide bonds. The van der Waals surface area contributed by atoms with E-state index in [1.54, 1.807) is 0 Å². The van der Waals surface area contributed by atoms with Gasteiger partial charge in [0.25, 0.3) is 0 Å². The molecule has 3 aromatic heterocycles. The lowest BCUT2D eigenvalue weighted by atomic mass is 10.0. The Morgan fingerprint density at radius 3 is 2.47 bits per heavy atom. The average Bonchev–Trinajstić information content (AvgIpc) is 3.49. The first kappa shape index (κ1) is 21.8. The maximum atomic E-state index is 4.82. The molecule has 0 aliphatic carbocycles. The predicted octanol–water partition coefficient (Wildman–Crippen LogP) is 4.64. The fourth-order valence-electron chi connectivity index (χ4n) is 3.75. The number of H-pyrrole nitrogens is 1. The second kappa shape index (κ2) is 10.7. The van der Waals surface area contributed by atoms with Crippen LogP contribution in [0.2, 0.25) is 0 Å². The second-order valence-corrected chi connectivity index (χ2v) is 7.98. The average molecular weight is 431 g/mol. The summed E-state index contributed by atoms with van der Waals surface area (Å²) in [5, 5.41) is 19.2. The number of hydrogen-bond donors (Lipinski definition) is 1. The van der Waals surface area contributed by atoms with Crippen molar-refractivity contribution in [2.24, 2.45) is 0 Å². The smallest absolute Gasteiger partial charge is 0.205 e. The summed E-state index contributed by atoms with van der Waals surface area (Å²) < 4.78 is 2.03. The molecule has 0 saturated carbocycles. The van der Waals surface area contributed by atoms with Gasteiger partial charge in [0.05, 0.1) is 12.2 Å². The summed E-state index contributed by atoms with van der Waals surface area (Å²) in [6.07, 6.45) is 9.62. The highest BCUT2D eigenvalue weighted by molar-refractivity contribution is 5.79. The summed E-state index contributed by atoms with van der Waals surface area (Å²) in [5.74, 6) is 2.59. The fourth-order valence-corrected chi connectivity index (χ4v) is 3.75. The van der Waals surface area contributed by atoms with Crippen LogP contribution in [0.1, 0.15) is 63.3 Å². The van der Waals surface area contributed by atoms with Crippen LogP contribution in [0.5, 0.6) is 0 Å². The number of benzene rings is 1. The highest BCUT2D eigenvalue weighted by atomic mass is 15.5. The Balaban J connectivity index is 1.53. The van der Waals surface area contributed by atoms with Gasteiger partial charge in [-0.2, -0.15) is 10.3 Å². The Morgan fingerprint density at radius 2 is 1.75 bits per heavy atom. The fraction of sp³-hybridized carbons (Fsp3) is 0.417. The molecule has 0 bridgehead atoms. The van der Waals surface area contributed by atoms with E-state index in [2.05, 4.69) is 46.6 Å². The Bertz CT molecular complexity index is 1100. The highest BCUT2D eigenvalue weighted by Gasteiger charge is 2.13. The highest BCUT2D eigenvalue weighted by Crippen LogP contribution is 2.29. The molecule has 1 aromatic carbocycles. The summed E-state index contributed by atoms with van der Waals surface area (Å²) >= 11 is 0. The topological polar surface area (TPSA) is 98.1 Å². The van der Waals surface area contributed by atoms with Crippen LogP contribution in [0.3, 0.4) is 0 Å². The van der Waals surface area contributed by atoms with Gasteiger partial charge in [-0.3, -0.25) is 4.98 Å². The van der Waals surface area contributed by atoms with Gasteiger partial charge >= 0.3 is 0 Å². The Morgan fingerprint density at radius 1 is 0.906 bits per heavy atom. The van der Waals surface area contributed by atoms with Crippen molar-refractivity contribution >= 4 is 0 Å². The molecule has 0 fully saturated rings. The lowest BCUT2D eigenvalue weighted by Gasteiger charge is -2.08. The van der Waals surface area contributed by atoms with Gasteiger partial charge in [-0.1, -0.05) is 63.4 Å². The van der Waals surface area contributed by atoms with Gasteiger partial charge in [0.15, 0.2) is 5.82 Å². The van der Waals surface area contributed by atoms with E-state index in [0.29, 0.717) is 12.4 Å². The van der Waals surface area contributed by atoms with Crippen LogP contribution in [0, 0.1) is 0 Å². The first-order valence-electron chi connectivity index (χ1n) is 11.5. The van der Waals surface area contributed by atoms with Crippen molar-refractivity contribution in [1.82, 2.24) is 40.4 Å². The molecular formula is C24H30N8. The minimum atomic E-state index is 0.573. The number of nitrogens with one attached hydrogen (secondary N) is 1. The second-order valence-electron chi connectivity index (χ2n) is 7.98. The van der Waals surface area contributed by atoms with Crippen molar-refractivity contribution in [3.05, 3.63) is 59.9 Å². The molecule has 0 aliphatic rings. The number of hydrogen-bond acceptors (Lipinski definition) is 6. The molecule has 0 atom stereocenters. The maximum Gasteiger partial charge on any atom is 0.205 e. The number of pyridine rings is 1. The third-order valence-electron chi connectivity index (χ3n) is 5.51. The molecule has 0 radical (unpaired) electrons. The van der Waals surface area contributed by atoms with Gasteiger partial charge in [0, 0.05) is 30.2 Å². The molecule has 8 heteroatoms. The molecule has 3 heterocycles. The van der Waals surface area contributed by atoms with Crippen molar-refractivity contribution in [3.63, 3.8) is 0 Å². The van der Waals surface area contributed by atoms with Crippen molar-refractivity contribution in [1.29, 1.82) is 0 Å². The molecule has 32 heavy (non-hydrogen) atoms. The van der Waals surface area contributed by atoms with Gasteiger partial charge < -0.3 is 0 Å². The standard InChI is InChI=1S/C24H30N8/c1-3-5-7-12-22-26-23(13-6-4-2)32(29-22)17-19-15-14-18(16-25-19)20-10-8-9-11-21(20)24-27-30-31-28-24/h8-11,14-16H,3-7,12-13,17H2,1-2H3,(H,27,28,30,31). The SMILES string of the molecule is CCCCCc1nc(CCCC)n(Cc2ccc(-c3ccccc3-c3nn[nH]n3)cn2)n1. The molecule has 1 N–H and O–H groups in total. The Labute approximate surface area is 188 Å². The van der Waals surface area contributed by atoms with E-state index >= 15 is 0 Å². The lowest BCUT2D eigenvalue weighted by molar-refractivity contribution is 0.602. The molecule has 0 aliphatic heterocycles. The first-order valence-corrected chi connectivity index (χ1v) is 11.5. The van der Waals surface area contributed by atoms with Crippen LogP contribution >= 0.6 is 0 Å². The molecular weight excluding hydrogens is 400 g/mol. The van der Waals surface area contributed by atoms with E-state index in [-0.39, 0.29) is 0 Å². The monoisotopic (exact) mass is 430 g/mol. The Kier molecular flexibility index (Phi) is 7.32. The van der Waals surface area contributed by atoms with Gasteiger partial charge in [-0.05, 0) is 29.7 Å². The van der Waals surface area contributed by atoms with Crippen molar-refractivity contribution < 1.29 is 0 Å². The van der Waals surface area contributed by atoms with Crippen molar-refractivity contribution in [2.75, 3.05) is 0 Å². The van der Waals surface area contributed by atoms with E-state index < -0.39 is 0 Å². The van der Waals surface area contributed by atoms with Crippen molar-refractivity contribution in [3.8, 4) is 22.5 Å². The summed E-state index contributed by atoms with van der Waals surface area (Å²) in [5.41, 5.74) is 3.92. The number of tetrazole rings is 1. The third-order valence-corrected chi connectivity index (χ3v) is 5.51. The number of aromatic amines is 1. The maximum absolute atomic E-state index is 4.82. The van der Waals surface area contributed by atoms with E-state index in [1.807, 2.05) is 35.1 Å². The quantitative estimate of drug-likeness (QED) is 0.348. The van der Waals surface area contributed by atoms with Crippen LogP contribution < -0.4 is 0 Å². The zero-order chi connectivity index (χ0) is 22.2. The van der Waals surface area contributed by atoms with E-state index in [0.717, 1.165) is 66.1 Å². The van der Waals surface area contributed by atoms with Crippen molar-refractivity contribution in [2.45, 2.75) is 65.3 Å². The summed E-state index contributed by atoms with van der Waals surface area (Å²) in [6.45, 7) is 5.05. The molecule has 0 saturated heterocycles. The third kappa shape index (κ3) is 5.25. The first-order chi connectivity index (χ1) is 15.8. The van der Waals surface area contributed by atoms with Crippen LogP contribution in [-0.2, 0) is 19.4 Å². The van der Waals surface area contributed by atoms with Crippen LogP contribution in [0.15, 0.2) is 42.6 Å². The number of aromatic nitrogens is 8. The van der Waals surface area contributed by atoms with Gasteiger partial charge in [0.2, 0.25) is 5.82 Å².